The summed E-state index contributed by atoms with van der Waals surface area (Å²) >= 11 is 1.49. The molecule has 4 nitrogen and oxygen atoms in total. The van der Waals surface area contributed by atoms with Crippen LogP contribution in [0.3, 0.4) is 0 Å². The fraction of sp³-hybridized carbons (Fsp3) is 0.500. The first kappa shape index (κ1) is 10.1. The number of carbonyl (C=O) groups is 1. The molecule has 72 valence electrons. The predicted octanol–water partition coefficient (Wildman–Crippen LogP) is 1.33. The third kappa shape index (κ3) is 2.48. The Bertz CT molecular complexity index is 308. The summed E-state index contributed by atoms with van der Waals surface area (Å²) in [5, 5.41) is 9.51. The highest BCUT2D eigenvalue weighted by Crippen LogP contribution is 2.13. The lowest BCUT2D eigenvalue weighted by molar-refractivity contribution is -0.113. The molecule has 0 unspecified atom stereocenters. The van der Waals surface area contributed by atoms with Crippen molar-refractivity contribution in [3.8, 4) is 0 Å². The summed E-state index contributed by atoms with van der Waals surface area (Å²) in [6.07, 6.45) is 1.89. The van der Waals surface area contributed by atoms with Gasteiger partial charge < -0.3 is 5.32 Å². The average molecular weight is 199 g/mol. The van der Waals surface area contributed by atoms with E-state index in [9.17, 15) is 4.79 Å². The normalized spacial score (nSPS) is 10.1. The van der Waals surface area contributed by atoms with Crippen LogP contribution in [0.2, 0.25) is 0 Å². The first-order valence-corrected chi connectivity index (χ1v) is 5.35. The number of aryl methyl sites for hydroxylation is 1. The lowest BCUT2D eigenvalue weighted by Gasteiger charge is -2.00. The summed E-state index contributed by atoms with van der Waals surface area (Å²) in [6, 6.07) is 0. The van der Waals surface area contributed by atoms with E-state index < -0.39 is 0 Å². The summed E-state index contributed by atoms with van der Waals surface area (Å²) in [6.45, 7) is 3.85. The van der Waals surface area contributed by atoms with Crippen molar-refractivity contribution in [1.29, 1.82) is 0 Å². The van der Waals surface area contributed by atoms with Crippen LogP contribution in [-0.4, -0.2) is 28.1 Å². The van der Waals surface area contributed by atoms with Crippen LogP contribution in [0.5, 0.6) is 0 Å². The van der Waals surface area contributed by atoms with Gasteiger partial charge in [0.2, 0.25) is 5.91 Å². The van der Waals surface area contributed by atoms with E-state index in [-0.39, 0.29) is 5.91 Å². The summed E-state index contributed by atoms with van der Waals surface area (Å²) in [7, 11) is 0. The second-order valence-corrected chi connectivity index (χ2v) is 3.67. The van der Waals surface area contributed by atoms with Gasteiger partial charge in [-0.1, -0.05) is 0 Å². The maximum absolute atomic E-state index is 11.2. The molecule has 0 radical (unpaired) electrons. The van der Waals surface area contributed by atoms with E-state index in [0.717, 1.165) is 11.3 Å². The third-order valence-electron chi connectivity index (χ3n) is 1.79. The highest BCUT2D eigenvalue weighted by Gasteiger charge is 2.08. The van der Waals surface area contributed by atoms with Crippen molar-refractivity contribution >= 4 is 23.5 Å². The number of aromatic amines is 1. The van der Waals surface area contributed by atoms with Crippen molar-refractivity contribution < 1.29 is 4.79 Å². The number of nitrogens with zero attached hydrogens (tertiary/aromatic N) is 1. The molecule has 1 heterocycles. The minimum absolute atomic E-state index is 0.0119. The molecule has 0 aliphatic carbocycles. The van der Waals surface area contributed by atoms with Gasteiger partial charge in [0.15, 0.2) is 5.82 Å². The number of aromatic nitrogens is 2. The molecule has 1 rings (SSSR count). The van der Waals surface area contributed by atoms with Gasteiger partial charge in [-0.3, -0.25) is 9.89 Å². The zero-order valence-corrected chi connectivity index (χ0v) is 8.79. The number of amides is 1. The molecule has 0 bridgehead atoms. The van der Waals surface area contributed by atoms with Crippen molar-refractivity contribution in [2.24, 2.45) is 0 Å². The van der Waals surface area contributed by atoms with E-state index >= 15 is 0 Å². The maximum Gasteiger partial charge on any atom is 0.235 e. The Balaban J connectivity index is 2.64. The molecule has 0 saturated carbocycles. The molecule has 1 aromatic rings. The molecule has 0 aliphatic heterocycles. The van der Waals surface area contributed by atoms with Crippen LogP contribution in [0, 0.1) is 13.8 Å². The monoisotopic (exact) mass is 199 g/mol. The van der Waals surface area contributed by atoms with Crippen LogP contribution in [0.1, 0.15) is 11.3 Å². The molecule has 1 aromatic heterocycles. The second kappa shape index (κ2) is 4.32. The first-order chi connectivity index (χ1) is 6.15. The van der Waals surface area contributed by atoms with Gasteiger partial charge in [-0.2, -0.15) is 16.9 Å². The van der Waals surface area contributed by atoms with E-state index in [4.69, 9.17) is 0 Å². The number of carbonyl (C=O) groups excluding carboxylic acids is 1. The number of hydrogen-bond acceptors (Lipinski definition) is 3. The molecule has 13 heavy (non-hydrogen) atoms. The third-order valence-corrected chi connectivity index (χ3v) is 2.34. The smallest absolute Gasteiger partial charge is 0.235 e. The van der Waals surface area contributed by atoms with Crippen molar-refractivity contribution in [3.05, 3.63) is 11.3 Å². The largest absolute Gasteiger partial charge is 0.308 e. The molecular formula is C8H13N3OS. The summed E-state index contributed by atoms with van der Waals surface area (Å²) in [5.74, 6) is 1.09. The number of anilines is 1. The van der Waals surface area contributed by atoms with Crippen molar-refractivity contribution in [2.45, 2.75) is 13.8 Å². The van der Waals surface area contributed by atoms with Crippen molar-refractivity contribution in [2.75, 3.05) is 17.3 Å². The van der Waals surface area contributed by atoms with Crippen LogP contribution in [0.25, 0.3) is 0 Å². The SMILES string of the molecule is CSCC(=O)Nc1n[nH]c(C)c1C. The Labute approximate surface area is 81.5 Å². The van der Waals surface area contributed by atoms with E-state index in [1.807, 2.05) is 20.1 Å². The van der Waals surface area contributed by atoms with Gasteiger partial charge in [0.25, 0.3) is 0 Å². The Kier molecular flexibility index (Phi) is 3.36. The molecule has 2 N–H and O–H groups in total. The number of hydrogen-bond donors (Lipinski definition) is 2. The van der Waals surface area contributed by atoms with Crippen molar-refractivity contribution in [1.82, 2.24) is 10.2 Å². The van der Waals surface area contributed by atoms with Gasteiger partial charge in [-0.15, -0.1) is 0 Å². The quantitative estimate of drug-likeness (QED) is 0.772. The molecule has 0 saturated heterocycles. The minimum Gasteiger partial charge on any atom is -0.308 e. The fourth-order valence-electron chi connectivity index (χ4n) is 0.906. The van der Waals surface area contributed by atoms with Crippen LogP contribution < -0.4 is 5.32 Å². The number of rotatable bonds is 3. The number of H-pyrrole nitrogens is 1. The van der Waals surface area contributed by atoms with Crippen LogP contribution in [0.4, 0.5) is 5.82 Å². The summed E-state index contributed by atoms with van der Waals surface area (Å²) in [4.78, 5) is 11.2. The second-order valence-electron chi connectivity index (χ2n) is 2.80. The topological polar surface area (TPSA) is 57.8 Å². The Morgan fingerprint density at radius 2 is 2.31 bits per heavy atom. The van der Waals surface area contributed by atoms with Gasteiger partial charge in [0, 0.05) is 11.3 Å². The van der Waals surface area contributed by atoms with E-state index in [1.165, 1.54) is 11.8 Å². The highest BCUT2D eigenvalue weighted by atomic mass is 32.2. The van der Waals surface area contributed by atoms with Crippen LogP contribution >= 0.6 is 11.8 Å². The van der Waals surface area contributed by atoms with E-state index in [2.05, 4.69) is 15.5 Å². The molecule has 0 atom stereocenters. The van der Waals surface area contributed by atoms with Crippen LogP contribution in [0.15, 0.2) is 0 Å². The van der Waals surface area contributed by atoms with E-state index in [0.29, 0.717) is 11.6 Å². The molecule has 0 spiro atoms. The number of thioether (sulfide) groups is 1. The van der Waals surface area contributed by atoms with Gasteiger partial charge in [0.05, 0.1) is 5.75 Å². The summed E-state index contributed by atoms with van der Waals surface area (Å²) < 4.78 is 0. The zero-order valence-electron chi connectivity index (χ0n) is 7.97. The maximum atomic E-state index is 11.2. The lowest BCUT2D eigenvalue weighted by atomic mass is 10.3. The van der Waals surface area contributed by atoms with E-state index in [1.54, 1.807) is 0 Å². The van der Waals surface area contributed by atoms with Gasteiger partial charge >= 0.3 is 0 Å². The van der Waals surface area contributed by atoms with Gasteiger partial charge in [0.1, 0.15) is 0 Å². The molecule has 0 fully saturated rings. The van der Waals surface area contributed by atoms with Gasteiger partial charge in [-0.25, -0.2) is 0 Å². The van der Waals surface area contributed by atoms with Gasteiger partial charge in [-0.05, 0) is 20.1 Å². The van der Waals surface area contributed by atoms with Crippen molar-refractivity contribution in [3.63, 3.8) is 0 Å². The molecule has 0 aliphatic rings. The fourth-order valence-corrected chi connectivity index (χ4v) is 1.24. The van der Waals surface area contributed by atoms with Crippen LogP contribution in [-0.2, 0) is 4.79 Å². The highest BCUT2D eigenvalue weighted by molar-refractivity contribution is 7.99. The Morgan fingerprint density at radius 3 is 2.77 bits per heavy atom. The average Bonchev–Trinajstić information content (AvgIpc) is 2.37. The Hall–Kier alpha value is -0.970. The lowest BCUT2D eigenvalue weighted by Crippen LogP contribution is -2.14. The predicted molar refractivity (Wildman–Crippen MR) is 55.1 cm³/mol. The molecule has 5 heteroatoms. The first-order valence-electron chi connectivity index (χ1n) is 3.95. The molecular weight excluding hydrogens is 186 g/mol. The molecule has 0 aromatic carbocycles. The standard InChI is InChI=1S/C8H13N3OS/c1-5-6(2)10-11-8(5)9-7(12)4-13-3/h4H2,1-3H3,(H2,9,10,11,12). The minimum atomic E-state index is -0.0119. The number of nitrogens with one attached hydrogen (secondary N) is 2. The molecule has 1 amide bonds. The summed E-state index contributed by atoms with van der Waals surface area (Å²) in [5.41, 5.74) is 1.98. The Morgan fingerprint density at radius 1 is 1.62 bits per heavy atom. The zero-order chi connectivity index (χ0) is 9.84.